The van der Waals surface area contributed by atoms with E-state index < -0.39 is 35.4 Å². The lowest BCUT2D eigenvalue weighted by Gasteiger charge is -2.16. The highest BCUT2D eigenvalue weighted by Gasteiger charge is 2.31. The largest absolute Gasteiger partial charge is 0.573 e. The molecule has 126 valence electrons. The fraction of sp³-hybridized carbons (Fsp3) is 0.143. The second-order valence-electron chi connectivity index (χ2n) is 4.35. The minimum absolute atomic E-state index is 0. The summed E-state index contributed by atoms with van der Waals surface area (Å²) in [5.74, 6) is -2.37. The van der Waals surface area contributed by atoms with E-state index in [-0.39, 0.29) is 23.0 Å². The Morgan fingerprint density at radius 3 is 2.09 bits per heavy atom. The first-order valence-corrected chi connectivity index (χ1v) is 6.31. The third-order valence-corrected chi connectivity index (χ3v) is 3.16. The van der Waals surface area contributed by atoms with E-state index in [4.69, 9.17) is 17.3 Å². The van der Waals surface area contributed by atoms with Crippen molar-refractivity contribution in [2.75, 3.05) is 0 Å². The van der Waals surface area contributed by atoms with Crippen molar-refractivity contribution >= 4 is 24.0 Å². The zero-order valence-corrected chi connectivity index (χ0v) is 12.8. The van der Waals surface area contributed by atoms with Gasteiger partial charge < -0.3 is 10.5 Å². The average molecular weight is 374 g/mol. The summed E-state index contributed by atoms with van der Waals surface area (Å²) >= 11 is 5.57. The Hall–Kier alpha value is -1.57. The molecule has 0 unspecified atom stereocenters. The first-order valence-electron chi connectivity index (χ1n) is 5.93. The molecule has 2 nitrogen and oxygen atoms in total. The normalized spacial score (nSPS) is 12.5. The molecule has 0 heterocycles. The van der Waals surface area contributed by atoms with Crippen LogP contribution in [0.2, 0.25) is 5.02 Å². The van der Waals surface area contributed by atoms with Crippen molar-refractivity contribution in [3.05, 3.63) is 64.2 Å². The maximum absolute atomic E-state index is 13.9. The molecular formula is C14H10Cl2F5NO. The lowest BCUT2D eigenvalue weighted by Crippen LogP contribution is -2.18. The van der Waals surface area contributed by atoms with Crippen molar-refractivity contribution in [2.45, 2.75) is 12.4 Å². The van der Waals surface area contributed by atoms with E-state index in [0.29, 0.717) is 0 Å². The number of nitrogens with two attached hydrogens (primary N) is 1. The van der Waals surface area contributed by atoms with Gasteiger partial charge in [0.15, 0.2) is 0 Å². The summed E-state index contributed by atoms with van der Waals surface area (Å²) in [6.45, 7) is 0. The Morgan fingerprint density at radius 2 is 1.57 bits per heavy atom. The standard InChI is InChI=1S/C14H9ClF5NO.ClH/c15-9-5-6-10(16)11(12(9)17)13(21)7-1-3-8(4-2-7)22-14(18,19)20;/h1-6,13H,21H2;1H/t13-;/m0./s1. The molecule has 0 fully saturated rings. The smallest absolute Gasteiger partial charge is 0.406 e. The fourth-order valence-corrected chi connectivity index (χ4v) is 2.04. The predicted octanol–water partition coefficient (Wildman–Crippen LogP) is 4.99. The Labute approximate surface area is 139 Å². The molecule has 0 radical (unpaired) electrons. The molecule has 0 bridgehead atoms. The Morgan fingerprint density at radius 1 is 1.00 bits per heavy atom. The van der Waals surface area contributed by atoms with Crippen molar-refractivity contribution in [3.8, 4) is 5.75 Å². The molecule has 2 aromatic carbocycles. The van der Waals surface area contributed by atoms with Gasteiger partial charge in [0.05, 0.1) is 11.1 Å². The van der Waals surface area contributed by atoms with Crippen molar-refractivity contribution in [1.29, 1.82) is 0 Å². The van der Waals surface area contributed by atoms with Crippen molar-refractivity contribution in [1.82, 2.24) is 0 Å². The summed E-state index contributed by atoms with van der Waals surface area (Å²) in [5.41, 5.74) is 5.50. The zero-order chi connectivity index (χ0) is 16.5. The molecule has 2 rings (SSSR count). The second-order valence-corrected chi connectivity index (χ2v) is 4.76. The Balaban J connectivity index is 0.00000264. The predicted molar refractivity (Wildman–Crippen MR) is 77.8 cm³/mol. The second kappa shape index (κ2) is 7.33. The maximum atomic E-state index is 13.9. The minimum Gasteiger partial charge on any atom is -0.406 e. The van der Waals surface area contributed by atoms with Crippen LogP contribution in [0.3, 0.4) is 0 Å². The van der Waals surface area contributed by atoms with Gasteiger partial charge in [-0.1, -0.05) is 23.7 Å². The number of hydrogen-bond donors (Lipinski definition) is 1. The summed E-state index contributed by atoms with van der Waals surface area (Å²) in [7, 11) is 0. The highest BCUT2D eigenvalue weighted by Crippen LogP contribution is 2.30. The van der Waals surface area contributed by atoms with E-state index >= 15 is 0 Å². The van der Waals surface area contributed by atoms with Gasteiger partial charge >= 0.3 is 6.36 Å². The zero-order valence-electron chi connectivity index (χ0n) is 11.2. The van der Waals surface area contributed by atoms with Crippen LogP contribution in [0.1, 0.15) is 17.2 Å². The van der Waals surface area contributed by atoms with E-state index in [1.54, 1.807) is 0 Å². The van der Waals surface area contributed by atoms with Gasteiger partial charge in [0, 0.05) is 5.56 Å². The third-order valence-electron chi connectivity index (χ3n) is 2.86. The molecule has 0 aliphatic rings. The molecule has 2 N–H and O–H groups in total. The van der Waals surface area contributed by atoms with Crippen molar-refractivity contribution in [3.63, 3.8) is 0 Å². The summed E-state index contributed by atoms with van der Waals surface area (Å²) in [4.78, 5) is 0. The first-order chi connectivity index (χ1) is 10.2. The molecule has 2 aromatic rings. The molecule has 0 amide bonds. The summed E-state index contributed by atoms with van der Waals surface area (Å²) < 4.78 is 67.5. The van der Waals surface area contributed by atoms with Crippen LogP contribution in [0, 0.1) is 11.6 Å². The molecule has 1 atom stereocenters. The molecule has 0 aliphatic carbocycles. The monoisotopic (exact) mass is 373 g/mol. The summed E-state index contributed by atoms with van der Waals surface area (Å²) in [5, 5.41) is -0.302. The van der Waals surface area contributed by atoms with E-state index in [1.807, 2.05) is 0 Å². The molecule has 0 aliphatic heterocycles. The molecule has 0 saturated carbocycles. The van der Waals surface area contributed by atoms with Gasteiger partial charge in [-0.25, -0.2) is 8.78 Å². The number of hydrogen-bond acceptors (Lipinski definition) is 2. The summed E-state index contributed by atoms with van der Waals surface area (Å²) in [6, 6.07) is 5.16. The van der Waals surface area contributed by atoms with Crippen LogP contribution in [0.4, 0.5) is 22.0 Å². The van der Waals surface area contributed by atoms with Gasteiger partial charge in [-0.05, 0) is 29.8 Å². The van der Waals surface area contributed by atoms with Crippen LogP contribution >= 0.6 is 24.0 Å². The van der Waals surface area contributed by atoms with E-state index in [2.05, 4.69) is 4.74 Å². The minimum atomic E-state index is -4.82. The SMILES string of the molecule is Cl.N[C@@H](c1ccc(OC(F)(F)F)cc1)c1c(F)ccc(Cl)c1F. The highest BCUT2D eigenvalue weighted by molar-refractivity contribution is 6.30. The number of rotatable bonds is 3. The molecular weight excluding hydrogens is 364 g/mol. The third kappa shape index (κ3) is 4.70. The lowest BCUT2D eigenvalue weighted by molar-refractivity contribution is -0.274. The Kier molecular flexibility index (Phi) is 6.21. The van der Waals surface area contributed by atoms with Crippen LogP contribution in [-0.4, -0.2) is 6.36 Å². The van der Waals surface area contributed by atoms with Gasteiger partial charge in [0.25, 0.3) is 0 Å². The highest BCUT2D eigenvalue weighted by atomic mass is 35.5. The van der Waals surface area contributed by atoms with Crippen molar-refractivity contribution in [2.24, 2.45) is 5.73 Å². The lowest BCUT2D eigenvalue weighted by atomic mass is 9.98. The molecule has 23 heavy (non-hydrogen) atoms. The van der Waals surface area contributed by atoms with Crippen LogP contribution in [0.25, 0.3) is 0 Å². The van der Waals surface area contributed by atoms with E-state index in [0.717, 1.165) is 24.3 Å². The van der Waals surface area contributed by atoms with Crippen molar-refractivity contribution < 1.29 is 26.7 Å². The average Bonchev–Trinajstić information content (AvgIpc) is 2.42. The quantitative estimate of drug-likeness (QED) is 0.607. The van der Waals surface area contributed by atoms with E-state index in [1.165, 1.54) is 12.1 Å². The molecule has 9 heteroatoms. The Bertz CT molecular complexity index is 676. The van der Waals surface area contributed by atoms with Crippen LogP contribution in [0.15, 0.2) is 36.4 Å². The van der Waals surface area contributed by atoms with Crippen LogP contribution in [0.5, 0.6) is 5.75 Å². The van der Waals surface area contributed by atoms with Crippen LogP contribution < -0.4 is 10.5 Å². The number of alkyl halides is 3. The van der Waals surface area contributed by atoms with Gasteiger partial charge in [-0.3, -0.25) is 0 Å². The topological polar surface area (TPSA) is 35.2 Å². The number of ether oxygens (including phenoxy) is 1. The molecule has 0 spiro atoms. The maximum Gasteiger partial charge on any atom is 0.573 e. The van der Waals surface area contributed by atoms with Crippen LogP contribution in [-0.2, 0) is 0 Å². The molecule has 0 aromatic heterocycles. The summed E-state index contributed by atoms with van der Waals surface area (Å²) in [6.07, 6.45) is -4.82. The number of benzene rings is 2. The van der Waals surface area contributed by atoms with Gasteiger partial charge in [-0.15, -0.1) is 25.6 Å². The van der Waals surface area contributed by atoms with Gasteiger partial charge in [0.1, 0.15) is 17.4 Å². The number of halogens is 7. The molecule has 0 saturated heterocycles. The first kappa shape index (κ1) is 19.5. The van der Waals surface area contributed by atoms with E-state index in [9.17, 15) is 22.0 Å². The van der Waals surface area contributed by atoms with Gasteiger partial charge in [-0.2, -0.15) is 0 Å². The van der Waals surface area contributed by atoms with Gasteiger partial charge in [0.2, 0.25) is 0 Å². The fourth-order valence-electron chi connectivity index (χ4n) is 1.87.